The van der Waals surface area contributed by atoms with E-state index in [0.29, 0.717) is 6.42 Å². The van der Waals surface area contributed by atoms with Crippen molar-refractivity contribution in [3.63, 3.8) is 0 Å². The van der Waals surface area contributed by atoms with Crippen molar-refractivity contribution in [2.45, 2.75) is 44.7 Å². The molecule has 0 unspecified atom stereocenters. The van der Waals surface area contributed by atoms with Gasteiger partial charge in [-0.05, 0) is 43.9 Å². The molecule has 2 N–H and O–H groups in total. The first-order valence-electron chi connectivity index (χ1n) is 6.86. The third kappa shape index (κ3) is 3.95. The molecular weight excluding hydrogens is 260 g/mol. The lowest BCUT2D eigenvalue weighted by Crippen LogP contribution is -2.48. The predicted octanol–water partition coefficient (Wildman–Crippen LogP) is 2.61. The number of nitrogens with zero attached hydrogens (tertiary/aromatic N) is 1. The lowest BCUT2D eigenvalue weighted by molar-refractivity contribution is -0.134. The zero-order chi connectivity index (χ0) is 13.8. The Labute approximate surface area is 119 Å². The molecule has 1 aromatic rings. The van der Waals surface area contributed by atoms with Crippen LogP contribution >= 0.6 is 11.6 Å². The number of carbonyl (C=O) groups excluding carboxylic acids is 1. The van der Waals surface area contributed by atoms with Gasteiger partial charge >= 0.3 is 0 Å². The third-order valence-corrected chi connectivity index (χ3v) is 3.99. The van der Waals surface area contributed by atoms with Crippen LogP contribution in [-0.2, 0) is 11.2 Å². The van der Waals surface area contributed by atoms with Crippen LogP contribution in [0.25, 0.3) is 0 Å². The third-order valence-electron chi connectivity index (χ3n) is 3.75. The molecule has 19 heavy (non-hydrogen) atoms. The molecule has 1 saturated heterocycles. The van der Waals surface area contributed by atoms with Crippen LogP contribution in [0.1, 0.15) is 31.7 Å². The average Bonchev–Trinajstić information content (AvgIpc) is 2.36. The number of halogens is 1. The summed E-state index contributed by atoms with van der Waals surface area (Å²) < 4.78 is 0. The van der Waals surface area contributed by atoms with Crippen molar-refractivity contribution in [1.82, 2.24) is 4.90 Å². The lowest BCUT2D eigenvalue weighted by atomic mass is 9.98. The van der Waals surface area contributed by atoms with Gasteiger partial charge in [-0.15, -0.1) is 0 Å². The first-order valence-corrected chi connectivity index (χ1v) is 7.23. The summed E-state index contributed by atoms with van der Waals surface area (Å²) in [5, 5.41) is 0.724. The van der Waals surface area contributed by atoms with E-state index in [-0.39, 0.29) is 18.0 Å². The first-order chi connectivity index (χ1) is 9.06. The van der Waals surface area contributed by atoms with Gasteiger partial charge in [0.1, 0.15) is 0 Å². The highest BCUT2D eigenvalue weighted by atomic mass is 35.5. The molecule has 2 rings (SSSR count). The van der Waals surface area contributed by atoms with Gasteiger partial charge in [-0.1, -0.05) is 23.7 Å². The minimum atomic E-state index is 0.222. The summed E-state index contributed by atoms with van der Waals surface area (Å²) in [6.45, 7) is 2.87. The quantitative estimate of drug-likeness (QED) is 0.925. The van der Waals surface area contributed by atoms with E-state index >= 15 is 0 Å². The van der Waals surface area contributed by atoms with Gasteiger partial charge in [0.25, 0.3) is 0 Å². The van der Waals surface area contributed by atoms with Gasteiger partial charge < -0.3 is 10.6 Å². The van der Waals surface area contributed by atoms with Crippen LogP contribution in [0.2, 0.25) is 5.02 Å². The van der Waals surface area contributed by atoms with Crippen molar-refractivity contribution in [2.24, 2.45) is 5.73 Å². The summed E-state index contributed by atoms with van der Waals surface area (Å²) in [5.41, 5.74) is 7.03. The molecule has 1 amide bonds. The highest BCUT2D eigenvalue weighted by molar-refractivity contribution is 6.30. The summed E-state index contributed by atoms with van der Waals surface area (Å²) in [6, 6.07) is 8.20. The van der Waals surface area contributed by atoms with Gasteiger partial charge in [-0.25, -0.2) is 0 Å². The maximum atomic E-state index is 12.2. The Hall–Kier alpha value is -1.06. The summed E-state index contributed by atoms with van der Waals surface area (Å²) in [6.07, 6.45) is 3.10. The smallest absolute Gasteiger partial charge is 0.223 e. The molecule has 0 aliphatic carbocycles. The number of likely N-dealkylation sites (tertiary alicyclic amines) is 1. The molecule has 1 aliphatic rings. The minimum Gasteiger partial charge on any atom is -0.340 e. The molecule has 3 nitrogen and oxygen atoms in total. The van der Waals surface area contributed by atoms with E-state index in [1.54, 1.807) is 0 Å². The Bertz CT molecular complexity index is 450. The summed E-state index contributed by atoms with van der Waals surface area (Å²) >= 11 is 5.94. The molecule has 4 heteroatoms. The second-order valence-electron chi connectivity index (χ2n) is 5.35. The highest BCUT2D eigenvalue weighted by Crippen LogP contribution is 2.18. The molecule has 1 aromatic carbocycles. The second kappa shape index (κ2) is 6.40. The Balaban J connectivity index is 1.87. The number of hydrogen-bond donors (Lipinski definition) is 1. The predicted molar refractivity (Wildman–Crippen MR) is 78.2 cm³/mol. The van der Waals surface area contributed by atoms with E-state index in [4.69, 9.17) is 17.3 Å². The zero-order valence-electron chi connectivity index (χ0n) is 11.3. The van der Waals surface area contributed by atoms with Crippen molar-refractivity contribution in [3.8, 4) is 0 Å². The van der Waals surface area contributed by atoms with Crippen LogP contribution in [0.3, 0.4) is 0 Å². The van der Waals surface area contributed by atoms with Crippen LogP contribution in [0.5, 0.6) is 0 Å². The normalized spacial score (nSPS) is 23.4. The fraction of sp³-hybridized carbons (Fsp3) is 0.533. The first kappa shape index (κ1) is 14.4. The average molecular weight is 281 g/mol. The number of amides is 1. The molecule has 1 heterocycles. The van der Waals surface area contributed by atoms with Gasteiger partial charge in [0.15, 0.2) is 0 Å². The zero-order valence-corrected chi connectivity index (χ0v) is 12.1. The van der Waals surface area contributed by atoms with E-state index in [2.05, 4.69) is 6.92 Å². The van der Waals surface area contributed by atoms with E-state index in [1.165, 1.54) is 0 Å². The summed E-state index contributed by atoms with van der Waals surface area (Å²) in [7, 11) is 0. The largest absolute Gasteiger partial charge is 0.340 e. The van der Waals surface area contributed by atoms with Crippen LogP contribution in [0.4, 0.5) is 0 Å². The molecule has 1 aliphatic heterocycles. The summed E-state index contributed by atoms with van der Waals surface area (Å²) in [4.78, 5) is 14.2. The van der Waals surface area contributed by atoms with Crippen LogP contribution < -0.4 is 5.73 Å². The van der Waals surface area contributed by atoms with E-state index in [1.807, 2.05) is 29.2 Å². The molecular formula is C15H21ClN2O. The van der Waals surface area contributed by atoms with Crippen molar-refractivity contribution in [3.05, 3.63) is 34.9 Å². The topological polar surface area (TPSA) is 46.3 Å². The summed E-state index contributed by atoms with van der Waals surface area (Å²) in [5.74, 6) is 0.222. The number of rotatable bonds is 3. The van der Waals surface area contributed by atoms with E-state index in [9.17, 15) is 4.79 Å². The van der Waals surface area contributed by atoms with Crippen molar-refractivity contribution >= 4 is 17.5 Å². The number of piperidine rings is 1. The molecule has 1 fully saturated rings. The van der Waals surface area contributed by atoms with Gasteiger partial charge in [0.05, 0.1) is 0 Å². The minimum absolute atomic E-state index is 0.222. The van der Waals surface area contributed by atoms with Crippen LogP contribution in [0, 0.1) is 0 Å². The van der Waals surface area contributed by atoms with Crippen molar-refractivity contribution in [1.29, 1.82) is 0 Å². The fourth-order valence-corrected chi connectivity index (χ4v) is 2.88. The number of benzene rings is 1. The monoisotopic (exact) mass is 280 g/mol. The standard InChI is InChI=1S/C15H21ClN2O/c1-11-9-14(17)7-8-18(11)15(19)6-5-12-3-2-4-13(16)10-12/h2-4,10-11,14H,5-9,17H2,1H3/t11-,14+/m0/s1. The molecule has 2 atom stereocenters. The van der Waals surface area contributed by atoms with Crippen molar-refractivity contribution < 1.29 is 4.79 Å². The van der Waals surface area contributed by atoms with Gasteiger partial charge in [0, 0.05) is 30.1 Å². The molecule has 0 aromatic heterocycles. The van der Waals surface area contributed by atoms with Crippen LogP contribution in [0.15, 0.2) is 24.3 Å². The van der Waals surface area contributed by atoms with Gasteiger partial charge in [-0.3, -0.25) is 4.79 Å². The molecule has 0 radical (unpaired) electrons. The Kier molecular flexibility index (Phi) is 4.83. The van der Waals surface area contributed by atoms with Crippen LogP contribution in [-0.4, -0.2) is 29.4 Å². The Morgan fingerprint density at radius 3 is 3.00 bits per heavy atom. The molecule has 0 bridgehead atoms. The Morgan fingerprint density at radius 2 is 2.32 bits per heavy atom. The second-order valence-corrected chi connectivity index (χ2v) is 5.79. The molecule has 0 spiro atoms. The Morgan fingerprint density at radius 1 is 1.53 bits per heavy atom. The number of nitrogens with two attached hydrogens (primary N) is 1. The number of hydrogen-bond acceptors (Lipinski definition) is 2. The number of carbonyl (C=O) groups is 1. The number of aryl methyl sites for hydroxylation is 1. The lowest BCUT2D eigenvalue weighted by Gasteiger charge is -2.36. The fourth-order valence-electron chi connectivity index (χ4n) is 2.67. The van der Waals surface area contributed by atoms with Gasteiger partial charge in [-0.2, -0.15) is 0 Å². The SMILES string of the molecule is C[C@H]1C[C@H](N)CCN1C(=O)CCc1cccc(Cl)c1. The van der Waals surface area contributed by atoms with E-state index < -0.39 is 0 Å². The van der Waals surface area contributed by atoms with E-state index in [0.717, 1.165) is 36.4 Å². The van der Waals surface area contributed by atoms with Crippen molar-refractivity contribution in [2.75, 3.05) is 6.54 Å². The maximum Gasteiger partial charge on any atom is 0.223 e. The molecule has 0 saturated carbocycles. The van der Waals surface area contributed by atoms with Gasteiger partial charge in [0.2, 0.25) is 5.91 Å². The maximum absolute atomic E-state index is 12.2. The molecule has 104 valence electrons. The highest BCUT2D eigenvalue weighted by Gasteiger charge is 2.26.